The van der Waals surface area contributed by atoms with Crippen LogP contribution in [0.4, 0.5) is 0 Å². The van der Waals surface area contributed by atoms with Gasteiger partial charge in [0, 0.05) is 24.9 Å². The molecule has 20 heavy (non-hydrogen) atoms. The Balaban J connectivity index is 1.99. The van der Waals surface area contributed by atoms with Crippen LogP contribution in [0.3, 0.4) is 0 Å². The molecule has 0 aromatic heterocycles. The van der Waals surface area contributed by atoms with E-state index in [0.717, 1.165) is 31.1 Å². The largest absolute Gasteiger partial charge is 0.359 e. The second kappa shape index (κ2) is 5.20. The average molecular weight is 289 g/mol. The molecule has 0 radical (unpaired) electrons. The highest BCUT2D eigenvalue weighted by atomic mass is 32.2. The van der Waals surface area contributed by atoms with E-state index in [1.54, 1.807) is 11.9 Å². The molecule has 0 saturated carbocycles. The third kappa shape index (κ3) is 2.24. The smallest absolute Gasteiger partial charge is 0.323 e. The summed E-state index contributed by atoms with van der Waals surface area (Å²) in [6, 6.07) is 0. The van der Waals surface area contributed by atoms with Crippen LogP contribution in [0.1, 0.15) is 20.3 Å². The van der Waals surface area contributed by atoms with Gasteiger partial charge in [0.1, 0.15) is 7.05 Å². The van der Waals surface area contributed by atoms with E-state index in [-0.39, 0.29) is 0 Å². The van der Waals surface area contributed by atoms with Crippen molar-refractivity contribution in [1.29, 1.82) is 0 Å². The lowest BCUT2D eigenvalue weighted by molar-refractivity contribution is -0.266. The van der Waals surface area contributed by atoms with Crippen molar-refractivity contribution in [2.45, 2.75) is 20.3 Å². The molecule has 3 heterocycles. The van der Waals surface area contributed by atoms with Crippen LogP contribution >= 0.6 is 11.9 Å². The van der Waals surface area contributed by atoms with Crippen molar-refractivity contribution in [3.63, 3.8) is 0 Å². The van der Waals surface area contributed by atoms with E-state index in [0.29, 0.717) is 5.92 Å². The number of aliphatic imine (C=N–C) groups is 2. The van der Waals surface area contributed by atoms with E-state index in [1.807, 2.05) is 14.0 Å². The van der Waals surface area contributed by atoms with Crippen LogP contribution < -0.4 is 0 Å². The number of nitrogens with zero attached hydrogens (tertiary/aromatic N) is 4. The first-order chi connectivity index (χ1) is 9.65. The minimum Gasteiger partial charge on any atom is -0.323 e. The number of amidine groups is 1. The van der Waals surface area contributed by atoms with E-state index in [1.165, 1.54) is 16.3 Å². The Morgan fingerprint density at radius 3 is 2.90 bits per heavy atom. The summed E-state index contributed by atoms with van der Waals surface area (Å²) in [5.74, 6) is 1.85. The predicted octanol–water partition coefficient (Wildman–Crippen LogP) is 2.34. The lowest BCUT2D eigenvalue weighted by Crippen LogP contribution is -2.35. The summed E-state index contributed by atoms with van der Waals surface area (Å²) in [5, 5.41) is 1.30. The minimum absolute atomic E-state index is 0.682. The summed E-state index contributed by atoms with van der Waals surface area (Å²) in [5.41, 5.74) is 3.80. The summed E-state index contributed by atoms with van der Waals surface area (Å²) in [7, 11) is 3.96. The molecule has 0 spiro atoms. The topological polar surface area (TPSA) is 31.0 Å². The van der Waals surface area contributed by atoms with Gasteiger partial charge in [0.15, 0.2) is 0 Å². The van der Waals surface area contributed by atoms with Crippen molar-refractivity contribution in [3.8, 4) is 0 Å². The van der Waals surface area contributed by atoms with Gasteiger partial charge in [0.2, 0.25) is 5.84 Å². The van der Waals surface area contributed by atoms with Gasteiger partial charge in [-0.2, -0.15) is 0 Å². The van der Waals surface area contributed by atoms with Gasteiger partial charge in [0.05, 0.1) is 12.3 Å². The molecule has 106 valence electrons. The summed E-state index contributed by atoms with van der Waals surface area (Å²) in [4.78, 5) is 11.7. The molecule has 5 heteroatoms. The molecule has 1 unspecified atom stereocenters. The van der Waals surface area contributed by atoms with Crippen LogP contribution in [0.15, 0.2) is 33.4 Å². The third-order valence-electron chi connectivity index (χ3n) is 3.90. The molecular formula is C15H21N4S+. The van der Waals surface area contributed by atoms with Crippen molar-refractivity contribution in [2.24, 2.45) is 15.9 Å². The number of allylic oxidation sites excluding steroid dienone is 3. The number of hydrogen-bond donors (Lipinski definition) is 0. The van der Waals surface area contributed by atoms with Crippen LogP contribution in [0, 0.1) is 5.92 Å². The molecule has 3 rings (SSSR count). The summed E-state index contributed by atoms with van der Waals surface area (Å²) in [6.07, 6.45) is 5.28. The van der Waals surface area contributed by atoms with E-state index < -0.39 is 0 Å². The van der Waals surface area contributed by atoms with Crippen LogP contribution in [0.2, 0.25) is 0 Å². The van der Waals surface area contributed by atoms with Crippen molar-refractivity contribution >= 4 is 28.5 Å². The van der Waals surface area contributed by atoms with E-state index in [2.05, 4.69) is 40.0 Å². The van der Waals surface area contributed by atoms with Gasteiger partial charge >= 0.3 is 5.04 Å². The van der Waals surface area contributed by atoms with E-state index in [4.69, 9.17) is 4.99 Å². The maximum Gasteiger partial charge on any atom is 0.359 e. The standard InChI is InChI=1S/C15H21N4S/c1-5-6-12(16-3)11-8-17-14(15-18(4)20-15)19-9-10(2)7-13(11)19/h5-6,10H,7-9H2,1-4H3/q+1/b6-5-,16-12?. The lowest BCUT2D eigenvalue weighted by Gasteiger charge is -2.25. The Morgan fingerprint density at radius 1 is 1.55 bits per heavy atom. The zero-order valence-corrected chi connectivity index (χ0v) is 13.4. The molecule has 1 saturated heterocycles. The fourth-order valence-electron chi connectivity index (χ4n) is 2.93. The van der Waals surface area contributed by atoms with Crippen molar-refractivity contribution in [1.82, 2.24) is 4.90 Å². The summed E-state index contributed by atoms with van der Waals surface area (Å²) >= 11 is 1.78. The van der Waals surface area contributed by atoms with Gasteiger partial charge in [-0.15, -0.1) is 3.98 Å². The highest BCUT2D eigenvalue weighted by Gasteiger charge is 2.46. The number of rotatable bonds is 3. The first kappa shape index (κ1) is 13.6. The second-order valence-electron chi connectivity index (χ2n) is 5.49. The molecule has 0 N–H and O–H groups in total. The van der Waals surface area contributed by atoms with Crippen molar-refractivity contribution in [2.75, 3.05) is 27.2 Å². The molecule has 0 bridgehead atoms. The molecule has 4 nitrogen and oxygen atoms in total. The summed E-state index contributed by atoms with van der Waals surface area (Å²) < 4.78 is 2.19. The molecule has 1 fully saturated rings. The Bertz CT molecular complexity index is 595. The fourth-order valence-corrected chi connectivity index (χ4v) is 3.49. The number of fused-ring (bicyclic) bond motifs is 1. The molecule has 1 atom stereocenters. The van der Waals surface area contributed by atoms with Gasteiger partial charge in [-0.05, 0) is 25.3 Å². The van der Waals surface area contributed by atoms with Gasteiger partial charge in [-0.3, -0.25) is 9.98 Å². The van der Waals surface area contributed by atoms with Crippen LogP contribution in [-0.2, 0) is 0 Å². The highest BCUT2D eigenvalue weighted by Crippen LogP contribution is 2.36. The fraction of sp³-hybridized carbons (Fsp3) is 0.533. The Kier molecular flexibility index (Phi) is 3.54. The SMILES string of the molecule is C/C=C\C(=NC)C1=C2CC(C)CN2C(C2=[N+](C)S2)=NC1. The highest BCUT2D eigenvalue weighted by molar-refractivity contribution is 8.16. The molecule has 0 amide bonds. The lowest BCUT2D eigenvalue weighted by atomic mass is 10.0. The molecule has 0 aliphatic carbocycles. The molecule has 3 aliphatic rings. The van der Waals surface area contributed by atoms with Gasteiger partial charge in [-0.25, -0.2) is 0 Å². The molecule has 0 aromatic carbocycles. The Morgan fingerprint density at radius 2 is 2.30 bits per heavy atom. The quantitative estimate of drug-likeness (QED) is 0.454. The predicted molar refractivity (Wildman–Crippen MR) is 86.8 cm³/mol. The maximum absolute atomic E-state index is 4.82. The van der Waals surface area contributed by atoms with Gasteiger partial charge in [-0.1, -0.05) is 13.0 Å². The first-order valence-electron chi connectivity index (χ1n) is 7.08. The van der Waals surface area contributed by atoms with E-state index >= 15 is 0 Å². The minimum atomic E-state index is 0.682. The first-order valence-corrected chi connectivity index (χ1v) is 7.86. The Labute approximate surface area is 124 Å². The molecule has 3 aliphatic heterocycles. The van der Waals surface area contributed by atoms with Gasteiger partial charge in [0.25, 0.3) is 11.9 Å². The molecule has 0 aromatic rings. The second-order valence-corrected chi connectivity index (χ2v) is 6.60. The van der Waals surface area contributed by atoms with Crippen LogP contribution in [-0.4, -0.2) is 52.7 Å². The van der Waals surface area contributed by atoms with Crippen molar-refractivity contribution in [3.05, 3.63) is 23.4 Å². The van der Waals surface area contributed by atoms with Crippen LogP contribution in [0.25, 0.3) is 0 Å². The zero-order valence-electron chi connectivity index (χ0n) is 12.6. The maximum atomic E-state index is 4.82. The van der Waals surface area contributed by atoms with Crippen molar-refractivity contribution < 1.29 is 3.98 Å². The monoisotopic (exact) mass is 289 g/mol. The van der Waals surface area contributed by atoms with Crippen LogP contribution in [0.5, 0.6) is 0 Å². The summed E-state index contributed by atoms with van der Waals surface area (Å²) in [6.45, 7) is 6.17. The zero-order chi connectivity index (χ0) is 14.3. The van der Waals surface area contributed by atoms with E-state index in [9.17, 15) is 0 Å². The Hall–Kier alpha value is -1.36. The molecular weight excluding hydrogens is 268 g/mol. The third-order valence-corrected chi connectivity index (χ3v) is 4.81. The normalized spacial score (nSPS) is 26.6. The van der Waals surface area contributed by atoms with Gasteiger partial charge < -0.3 is 4.90 Å². The average Bonchev–Trinajstić information content (AvgIpc) is 3.01. The number of hydrogen-bond acceptors (Lipinski definition) is 4.